The third-order valence-corrected chi connectivity index (χ3v) is 6.95. The Bertz CT molecular complexity index is 854. The number of halogens is 1. The number of nitrogens with zero attached hydrogens (tertiary/aromatic N) is 3. The van der Waals surface area contributed by atoms with Crippen molar-refractivity contribution in [1.29, 1.82) is 0 Å². The summed E-state index contributed by atoms with van der Waals surface area (Å²) in [6.45, 7) is 2.71. The zero-order valence-electron chi connectivity index (χ0n) is 13.1. The van der Waals surface area contributed by atoms with Crippen LogP contribution in [0, 0.1) is 0 Å². The summed E-state index contributed by atoms with van der Waals surface area (Å²) in [6, 6.07) is 11.5. The molecule has 0 bridgehead atoms. The summed E-state index contributed by atoms with van der Waals surface area (Å²) in [5.41, 5.74) is 2.57. The van der Waals surface area contributed by atoms with E-state index in [1.807, 2.05) is 12.1 Å². The minimum Gasteiger partial charge on any atom is -0.293 e. The second-order valence-electron chi connectivity index (χ2n) is 6.18. The Morgan fingerprint density at radius 1 is 1.08 bits per heavy atom. The van der Waals surface area contributed by atoms with Crippen LogP contribution in [-0.4, -0.2) is 48.8 Å². The molecule has 2 aromatic rings. The van der Waals surface area contributed by atoms with Gasteiger partial charge in [-0.25, -0.2) is 13.4 Å². The molecule has 0 radical (unpaired) electrons. The van der Waals surface area contributed by atoms with Gasteiger partial charge in [-0.2, -0.15) is 4.31 Å². The van der Waals surface area contributed by atoms with Crippen LogP contribution in [0.25, 0.3) is 0 Å². The van der Waals surface area contributed by atoms with Gasteiger partial charge in [0.25, 0.3) is 0 Å². The first kappa shape index (κ1) is 16.0. The van der Waals surface area contributed by atoms with Crippen molar-refractivity contribution in [2.75, 3.05) is 26.2 Å². The number of aromatic nitrogens is 1. The predicted octanol–water partition coefficient (Wildman–Crippen LogP) is 2.34. The van der Waals surface area contributed by atoms with Crippen LogP contribution in [0.1, 0.15) is 17.2 Å². The van der Waals surface area contributed by atoms with E-state index >= 15 is 0 Å². The van der Waals surface area contributed by atoms with Gasteiger partial charge in [0.05, 0.1) is 0 Å². The number of rotatable bonds is 2. The highest BCUT2D eigenvalue weighted by Crippen LogP contribution is 2.34. The molecule has 0 saturated carbocycles. The lowest BCUT2D eigenvalue weighted by Crippen LogP contribution is -2.52. The third kappa shape index (κ3) is 2.73. The van der Waals surface area contributed by atoms with Gasteiger partial charge in [0, 0.05) is 38.4 Å². The summed E-state index contributed by atoms with van der Waals surface area (Å²) in [5.74, 6) is 0. The molecule has 2 aliphatic rings. The number of hydrogen-bond acceptors (Lipinski definition) is 4. The van der Waals surface area contributed by atoms with Crippen LogP contribution in [0.3, 0.4) is 0 Å². The second-order valence-corrected chi connectivity index (χ2v) is 8.51. The number of pyridine rings is 1. The van der Waals surface area contributed by atoms with E-state index in [0.717, 1.165) is 19.5 Å². The standard InChI is InChI=1S/C17H18ClN3O2S/c18-17-6-5-14(11-19-17)24(22,23)21-10-9-20-8-7-13-3-1-2-4-15(13)16(20)12-21/h1-6,11,16H,7-10,12H2. The molecule has 24 heavy (non-hydrogen) atoms. The van der Waals surface area contributed by atoms with Crippen molar-refractivity contribution in [2.45, 2.75) is 17.4 Å². The highest BCUT2D eigenvalue weighted by atomic mass is 35.5. The molecule has 4 rings (SSSR count). The van der Waals surface area contributed by atoms with Gasteiger partial charge in [0.15, 0.2) is 0 Å². The smallest absolute Gasteiger partial charge is 0.244 e. The van der Waals surface area contributed by atoms with E-state index in [1.165, 1.54) is 29.5 Å². The lowest BCUT2D eigenvalue weighted by molar-refractivity contribution is 0.109. The number of fused-ring (bicyclic) bond motifs is 3. The molecule has 1 aromatic heterocycles. The van der Waals surface area contributed by atoms with Crippen LogP contribution in [0.5, 0.6) is 0 Å². The predicted molar refractivity (Wildman–Crippen MR) is 92.5 cm³/mol. The molecule has 0 N–H and O–H groups in total. The van der Waals surface area contributed by atoms with Gasteiger partial charge in [-0.05, 0) is 29.7 Å². The summed E-state index contributed by atoms with van der Waals surface area (Å²) in [6.07, 6.45) is 2.36. The molecule has 1 saturated heterocycles. The average Bonchev–Trinajstić information content (AvgIpc) is 2.61. The summed E-state index contributed by atoms with van der Waals surface area (Å²) < 4.78 is 27.4. The molecular weight excluding hydrogens is 346 g/mol. The normalized spacial score (nSPS) is 22.0. The van der Waals surface area contributed by atoms with Crippen molar-refractivity contribution in [3.63, 3.8) is 0 Å². The highest BCUT2D eigenvalue weighted by Gasteiger charge is 2.37. The summed E-state index contributed by atoms with van der Waals surface area (Å²) in [4.78, 5) is 6.49. The summed E-state index contributed by atoms with van der Waals surface area (Å²) in [5, 5.41) is 0.292. The number of sulfonamides is 1. The lowest BCUT2D eigenvalue weighted by atomic mass is 9.91. The van der Waals surface area contributed by atoms with E-state index in [4.69, 9.17) is 11.6 Å². The Morgan fingerprint density at radius 3 is 2.71 bits per heavy atom. The first-order chi connectivity index (χ1) is 11.6. The molecule has 7 heteroatoms. The van der Waals surface area contributed by atoms with E-state index in [1.54, 1.807) is 4.31 Å². The van der Waals surface area contributed by atoms with E-state index < -0.39 is 10.0 Å². The van der Waals surface area contributed by atoms with Gasteiger partial charge in [-0.15, -0.1) is 0 Å². The van der Waals surface area contributed by atoms with Gasteiger partial charge < -0.3 is 0 Å². The minimum atomic E-state index is -3.55. The van der Waals surface area contributed by atoms with E-state index in [9.17, 15) is 8.42 Å². The first-order valence-electron chi connectivity index (χ1n) is 7.99. The molecule has 1 atom stereocenters. The topological polar surface area (TPSA) is 53.5 Å². The van der Waals surface area contributed by atoms with Crippen LogP contribution in [-0.2, 0) is 16.4 Å². The van der Waals surface area contributed by atoms with Crippen LogP contribution in [0.15, 0.2) is 47.5 Å². The Kier molecular flexibility index (Phi) is 4.08. The number of piperazine rings is 1. The molecule has 126 valence electrons. The average molecular weight is 364 g/mol. The fraction of sp³-hybridized carbons (Fsp3) is 0.353. The van der Waals surface area contributed by atoms with E-state index in [-0.39, 0.29) is 10.9 Å². The van der Waals surface area contributed by atoms with Crippen molar-refractivity contribution >= 4 is 21.6 Å². The number of benzene rings is 1. The molecule has 5 nitrogen and oxygen atoms in total. The molecular formula is C17H18ClN3O2S. The van der Waals surface area contributed by atoms with E-state index in [2.05, 4.69) is 22.0 Å². The monoisotopic (exact) mass is 363 g/mol. The van der Waals surface area contributed by atoms with Crippen LogP contribution < -0.4 is 0 Å². The molecule has 1 fully saturated rings. The van der Waals surface area contributed by atoms with Crippen molar-refractivity contribution in [2.24, 2.45) is 0 Å². The Balaban J connectivity index is 1.64. The summed E-state index contributed by atoms with van der Waals surface area (Å²) >= 11 is 5.77. The molecule has 1 unspecified atom stereocenters. The summed E-state index contributed by atoms with van der Waals surface area (Å²) in [7, 11) is -3.55. The number of hydrogen-bond donors (Lipinski definition) is 0. The first-order valence-corrected chi connectivity index (χ1v) is 9.81. The van der Waals surface area contributed by atoms with Crippen molar-refractivity contribution in [3.8, 4) is 0 Å². The maximum Gasteiger partial charge on any atom is 0.244 e. The van der Waals surface area contributed by atoms with Crippen molar-refractivity contribution in [3.05, 3.63) is 58.9 Å². The second kappa shape index (κ2) is 6.11. The van der Waals surface area contributed by atoms with Gasteiger partial charge >= 0.3 is 0 Å². The molecule has 2 aliphatic heterocycles. The maximum absolute atomic E-state index is 12.9. The van der Waals surface area contributed by atoms with E-state index in [0.29, 0.717) is 18.2 Å². The Hall–Kier alpha value is -1.47. The molecule has 1 aromatic carbocycles. The Labute approximate surface area is 146 Å². The van der Waals surface area contributed by atoms with Gasteiger partial charge in [-0.3, -0.25) is 4.90 Å². The van der Waals surface area contributed by atoms with Gasteiger partial charge in [0.1, 0.15) is 10.0 Å². The maximum atomic E-state index is 12.9. The molecule has 0 spiro atoms. The SMILES string of the molecule is O=S(=O)(c1ccc(Cl)nc1)N1CCN2CCc3ccccc3C2C1. The zero-order chi connectivity index (χ0) is 16.7. The largest absolute Gasteiger partial charge is 0.293 e. The highest BCUT2D eigenvalue weighted by molar-refractivity contribution is 7.89. The lowest BCUT2D eigenvalue weighted by Gasteiger charge is -2.44. The van der Waals surface area contributed by atoms with Gasteiger partial charge in [-0.1, -0.05) is 35.9 Å². The Morgan fingerprint density at radius 2 is 1.92 bits per heavy atom. The van der Waals surface area contributed by atoms with Crippen LogP contribution >= 0.6 is 11.6 Å². The minimum absolute atomic E-state index is 0.124. The van der Waals surface area contributed by atoms with Crippen LogP contribution in [0.2, 0.25) is 5.15 Å². The zero-order valence-corrected chi connectivity index (χ0v) is 14.7. The molecule has 0 aliphatic carbocycles. The molecule has 3 heterocycles. The van der Waals surface area contributed by atoms with Crippen molar-refractivity contribution < 1.29 is 8.42 Å². The van der Waals surface area contributed by atoms with Crippen LogP contribution in [0.4, 0.5) is 0 Å². The fourth-order valence-corrected chi connectivity index (χ4v) is 5.09. The van der Waals surface area contributed by atoms with Gasteiger partial charge in [0.2, 0.25) is 10.0 Å². The fourth-order valence-electron chi connectivity index (χ4n) is 3.59. The quantitative estimate of drug-likeness (QED) is 0.768. The third-order valence-electron chi connectivity index (χ3n) is 4.87. The molecule has 0 amide bonds. The van der Waals surface area contributed by atoms with Crippen molar-refractivity contribution in [1.82, 2.24) is 14.2 Å².